The van der Waals surface area contributed by atoms with Gasteiger partial charge in [-0.3, -0.25) is 0 Å². The molecule has 76 valence electrons. The molecule has 0 bridgehead atoms. The van der Waals surface area contributed by atoms with E-state index < -0.39 is 0 Å². The summed E-state index contributed by atoms with van der Waals surface area (Å²) in [5.41, 5.74) is 7.09. The number of benzene rings is 1. The van der Waals surface area contributed by atoms with Crippen LogP contribution in [0.5, 0.6) is 5.75 Å². The molecule has 1 atom stereocenters. The molecule has 2 rings (SSSR count). The van der Waals surface area contributed by atoms with Crippen LogP contribution in [0, 0.1) is 0 Å². The van der Waals surface area contributed by atoms with Crippen LogP contribution in [0.3, 0.4) is 0 Å². The largest absolute Gasteiger partial charge is 0.497 e. The fourth-order valence-corrected chi connectivity index (χ4v) is 1.81. The van der Waals surface area contributed by atoms with Gasteiger partial charge in [0.1, 0.15) is 5.75 Å². The molecule has 0 spiro atoms. The lowest BCUT2D eigenvalue weighted by atomic mass is 10.3. The number of hydrogen-bond donors (Lipinski definition) is 1. The maximum Gasteiger partial charge on any atom is 0.119 e. The highest BCUT2D eigenvalue weighted by Gasteiger charge is 2.18. The van der Waals surface area contributed by atoms with E-state index in [1.54, 1.807) is 7.11 Å². The summed E-state index contributed by atoms with van der Waals surface area (Å²) in [6.45, 7) is 2.03. The van der Waals surface area contributed by atoms with Crippen molar-refractivity contribution in [3.05, 3.63) is 24.3 Å². The van der Waals surface area contributed by atoms with Crippen molar-refractivity contribution in [3.8, 4) is 5.75 Å². The first-order valence-corrected chi connectivity index (χ1v) is 4.94. The first-order chi connectivity index (χ1) is 6.79. The Bertz CT molecular complexity index is 297. The summed E-state index contributed by atoms with van der Waals surface area (Å²) in [4.78, 5) is 2.31. The van der Waals surface area contributed by atoms with Crippen LogP contribution in [-0.4, -0.2) is 26.2 Å². The van der Waals surface area contributed by atoms with Crippen LogP contribution in [0.25, 0.3) is 0 Å². The lowest BCUT2D eigenvalue weighted by molar-refractivity contribution is 0.415. The van der Waals surface area contributed by atoms with Crippen LogP contribution in [0.4, 0.5) is 5.69 Å². The number of ether oxygens (including phenoxy) is 1. The number of nitrogens with two attached hydrogens (primary N) is 1. The second kappa shape index (κ2) is 3.88. The topological polar surface area (TPSA) is 38.5 Å². The van der Waals surface area contributed by atoms with E-state index in [0.717, 1.165) is 25.3 Å². The molecule has 1 fully saturated rings. The van der Waals surface area contributed by atoms with Gasteiger partial charge >= 0.3 is 0 Å². The fourth-order valence-electron chi connectivity index (χ4n) is 1.81. The SMILES string of the molecule is COc1ccc(N2CCC(N)C2)cc1. The molecule has 0 radical (unpaired) electrons. The molecule has 1 aromatic rings. The summed E-state index contributed by atoms with van der Waals surface area (Å²) in [6.07, 6.45) is 1.09. The molecular formula is C11H16N2O. The van der Waals surface area contributed by atoms with Crippen molar-refractivity contribution < 1.29 is 4.74 Å². The van der Waals surface area contributed by atoms with Gasteiger partial charge in [-0.2, -0.15) is 0 Å². The van der Waals surface area contributed by atoms with Crippen molar-refractivity contribution in [2.45, 2.75) is 12.5 Å². The Morgan fingerprint density at radius 2 is 2.07 bits per heavy atom. The summed E-state index contributed by atoms with van der Waals surface area (Å²) in [6, 6.07) is 8.46. The van der Waals surface area contributed by atoms with E-state index in [4.69, 9.17) is 10.5 Å². The third-order valence-electron chi connectivity index (χ3n) is 2.66. The van der Waals surface area contributed by atoms with Gasteiger partial charge in [0.2, 0.25) is 0 Å². The lowest BCUT2D eigenvalue weighted by Gasteiger charge is -2.18. The highest BCUT2D eigenvalue weighted by Crippen LogP contribution is 2.22. The Morgan fingerprint density at radius 1 is 1.36 bits per heavy atom. The quantitative estimate of drug-likeness (QED) is 0.766. The van der Waals surface area contributed by atoms with Crippen molar-refractivity contribution in [1.29, 1.82) is 0 Å². The Labute approximate surface area is 84.5 Å². The van der Waals surface area contributed by atoms with Gasteiger partial charge in [0.25, 0.3) is 0 Å². The highest BCUT2D eigenvalue weighted by molar-refractivity contribution is 5.50. The number of anilines is 1. The normalized spacial score (nSPS) is 21.3. The summed E-state index contributed by atoms with van der Waals surface area (Å²) in [5, 5.41) is 0. The van der Waals surface area contributed by atoms with E-state index in [0.29, 0.717) is 6.04 Å². The standard InChI is InChI=1S/C11H16N2O/c1-14-11-4-2-10(3-5-11)13-7-6-9(12)8-13/h2-5,9H,6-8,12H2,1H3. The van der Waals surface area contributed by atoms with E-state index in [9.17, 15) is 0 Å². The molecule has 0 amide bonds. The maximum atomic E-state index is 5.85. The zero-order valence-electron chi connectivity index (χ0n) is 8.44. The van der Waals surface area contributed by atoms with Gasteiger partial charge in [0.15, 0.2) is 0 Å². The van der Waals surface area contributed by atoms with Crippen LogP contribution in [0.2, 0.25) is 0 Å². The smallest absolute Gasteiger partial charge is 0.119 e. The summed E-state index contributed by atoms with van der Waals surface area (Å²) in [5.74, 6) is 0.900. The predicted molar refractivity (Wildman–Crippen MR) is 57.8 cm³/mol. The second-order valence-electron chi connectivity index (χ2n) is 3.69. The molecular weight excluding hydrogens is 176 g/mol. The molecule has 0 aromatic heterocycles. The van der Waals surface area contributed by atoms with Crippen LogP contribution in [0.1, 0.15) is 6.42 Å². The van der Waals surface area contributed by atoms with E-state index in [1.807, 2.05) is 12.1 Å². The highest BCUT2D eigenvalue weighted by atomic mass is 16.5. The number of nitrogens with zero attached hydrogens (tertiary/aromatic N) is 1. The minimum atomic E-state index is 0.331. The van der Waals surface area contributed by atoms with Gasteiger partial charge in [-0.15, -0.1) is 0 Å². The number of methoxy groups -OCH3 is 1. The minimum Gasteiger partial charge on any atom is -0.497 e. The molecule has 1 saturated heterocycles. The van der Waals surface area contributed by atoms with Gasteiger partial charge < -0.3 is 15.4 Å². The van der Waals surface area contributed by atoms with Crippen molar-refractivity contribution in [3.63, 3.8) is 0 Å². The Hall–Kier alpha value is -1.22. The molecule has 3 nitrogen and oxygen atoms in total. The first kappa shape index (κ1) is 9.34. The molecule has 14 heavy (non-hydrogen) atoms. The minimum absolute atomic E-state index is 0.331. The average molecular weight is 192 g/mol. The third-order valence-corrected chi connectivity index (χ3v) is 2.66. The van der Waals surface area contributed by atoms with Gasteiger partial charge in [-0.05, 0) is 30.7 Å². The van der Waals surface area contributed by atoms with E-state index >= 15 is 0 Å². The van der Waals surface area contributed by atoms with Crippen molar-refractivity contribution in [1.82, 2.24) is 0 Å². The number of hydrogen-bond acceptors (Lipinski definition) is 3. The molecule has 0 saturated carbocycles. The predicted octanol–water partition coefficient (Wildman–Crippen LogP) is 1.23. The molecule has 1 heterocycles. The van der Waals surface area contributed by atoms with Crippen LogP contribution in [-0.2, 0) is 0 Å². The lowest BCUT2D eigenvalue weighted by Crippen LogP contribution is -2.26. The Morgan fingerprint density at radius 3 is 2.57 bits per heavy atom. The summed E-state index contributed by atoms with van der Waals surface area (Å²) < 4.78 is 5.11. The van der Waals surface area contributed by atoms with Gasteiger partial charge in [0.05, 0.1) is 7.11 Å². The van der Waals surface area contributed by atoms with Crippen molar-refractivity contribution in [2.75, 3.05) is 25.1 Å². The zero-order valence-corrected chi connectivity index (χ0v) is 8.44. The van der Waals surface area contributed by atoms with Gasteiger partial charge in [0, 0.05) is 24.8 Å². The summed E-state index contributed by atoms with van der Waals surface area (Å²) in [7, 11) is 1.68. The van der Waals surface area contributed by atoms with Gasteiger partial charge in [-0.1, -0.05) is 0 Å². The van der Waals surface area contributed by atoms with E-state index in [-0.39, 0.29) is 0 Å². The molecule has 1 aliphatic rings. The Kier molecular flexibility index (Phi) is 2.59. The zero-order chi connectivity index (χ0) is 9.97. The molecule has 2 N–H and O–H groups in total. The van der Waals surface area contributed by atoms with E-state index in [2.05, 4.69) is 17.0 Å². The maximum absolute atomic E-state index is 5.85. The first-order valence-electron chi connectivity index (χ1n) is 4.94. The second-order valence-corrected chi connectivity index (χ2v) is 3.69. The average Bonchev–Trinajstić information content (AvgIpc) is 2.65. The Balaban J connectivity index is 2.09. The van der Waals surface area contributed by atoms with Crippen LogP contribution < -0.4 is 15.4 Å². The molecule has 3 heteroatoms. The van der Waals surface area contributed by atoms with Crippen molar-refractivity contribution in [2.24, 2.45) is 5.73 Å². The van der Waals surface area contributed by atoms with E-state index in [1.165, 1.54) is 5.69 Å². The van der Waals surface area contributed by atoms with Gasteiger partial charge in [-0.25, -0.2) is 0 Å². The van der Waals surface area contributed by atoms with Crippen LogP contribution in [0.15, 0.2) is 24.3 Å². The summed E-state index contributed by atoms with van der Waals surface area (Å²) >= 11 is 0. The molecule has 1 aromatic carbocycles. The van der Waals surface area contributed by atoms with Crippen LogP contribution >= 0.6 is 0 Å². The van der Waals surface area contributed by atoms with Crippen molar-refractivity contribution >= 4 is 5.69 Å². The molecule has 0 aliphatic carbocycles. The monoisotopic (exact) mass is 192 g/mol. The molecule has 1 unspecified atom stereocenters. The molecule has 1 aliphatic heterocycles. The fraction of sp³-hybridized carbons (Fsp3) is 0.455. The third kappa shape index (κ3) is 1.82. The number of rotatable bonds is 2.